The summed E-state index contributed by atoms with van der Waals surface area (Å²) >= 11 is 1.25. The molecular weight excluding hydrogens is 682 g/mol. The molecule has 2 fully saturated rings. The van der Waals surface area contributed by atoms with Crippen LogP contribution in [0.15, 0.2) is 87.0 Å². The number of carboxylic acids is 1. The fourth-order valence-electron chi connectivity index (χ4n) is 6.44. The van der Waals surface area contributed by atoms with E-state index in [-0.39, 0.29) is 29.2 Å². The van der Waals surface area contributed by atoms with Crippen molar-refractivity contribution in [3.63, 3.8) is 0 Å². The molecule has 0 radical (unpaired) electrons. The number of phenolic OH excluding ortho intramolecular Hbond substituents is 1. The number of nitrogens with two attached hydrogens (primary N) is 1. The topological polar surface area (TPSA) is 228 Å². The minimum absolute atomic E-state index is 0.0372. The van der Waals surface area contributed by atoms with Crippen LogP contribution in [0.5, 0.6) is 11.7 Å². The van der Waals surface area contributed by atoms with Gasteiger partial charge in [-0.25, -0.2) is 4.79 Å². The molecular formula is C35H33N5O10S. The van der Waals surface area contributed by atoms with Crippen LogP contribution in [0.2, 0.25) is 0 Å². The van der Waals surface area contributed by atoms with Crippen LogP contribution in [0.3, 0.4) is 0 Å². The van der Waals surface area contributed by atoms with Gasteiger partial charge in [0.15, 0.2) is 5.69 Å². The number of hydrogen-bond donors (Lipinski definition) is 5. The summed E-state index contributed by atoms with van der Waals surface area (Å²) in [5.41, 5.74) is 6.42. The molecule has 2 aromatic carbocycles. The summed E-state index contributed by atoms with van der Waals surface area (Å²) < 4.78 is 4.04. The van der Waals surface area contributed by atoms with E-state index in [1.165, 1.54) is 71.0 Å². The Morgan fingerprint density at radius 2 is 1.67 bits per heavy atom. The molecule has 3 amide bonds. The first-order valence-electron chi connectivity index (χ1n) is 15.6. The van der Waals surface area contributed by atoms with Crippen molar-refractivity contribution in [3.05, 3.63) is 105 Å². The molecule has 1 unspecified atom stereocenters. The van der Waals surface area contributed by atoms with Gasteiger partial charge >= 0.3 is 11.9 Å². The maximum absolute atomic E-state index is 14.0. The molecule has 0 saturated carbocycles. The van der Waals surface area contributed by atoms with Crippen LogP contribution in [0.4, 0.5) is 11.4 Å². The number of carboxylic acid groups (broad SMARTS) is 1. The number of nitrogens with one attached hydrogen (secondary N) is 1. The van der Waals surface area contributed by atoms with Crippen LogP contribution in [0.25, 0.3) is 11.3 Å². The zero-order chi connectivity index (χ0) is 36.9. The molecule has 0 bridgehead atoms. The van der Waals surface area contributed by atoms with E-state index in [1.807, 2.05) is 0 Å². The van der Waals surface area contributed by atoms with Crippen molar-refractivity contribution >= 4 is 46.8 Å². The van der Waals surface area contributed by atoms with Gasteiger partial charge in [0.1, 0.15) is 29.2 Å². The van der Waals surface area contributed by atoms with Gasteiger partial charge in [0, 0.05) is 34.7 Å². The van der Waals surface area contributed by atoms with Gasteiger partial charge in [-0.15, -0.1) is 11.8 Å². The summed E-state index contributed by atoms with van der Waals surface area (Å²) in [5.74, 6) is -3.76. The number of aromatic amines is 1. The molecule has 4 atom stereocenters. The molecule has 2 aliphatic heterocycles. The number of carbonyl (C=O) groups is 4. The number of H-pyrrole nitrogens is 1. The number of fused-ring (bicyclic) bond motifs is 1. The molecule has 15 nitrogen and oxygen atoms in total. The Hall–Kier alpha value is -5.87. The maximum atomic E-state index is 14.0. The van der Waals surface area contributed by atoms with E-state index in [0.717, 1.165) is 17.2 Å². The number of thioether (sulfide) groups is 1. The Bertz CT molecular complexity index is 2170. The fourth-order valence-corrected chi connectivity index (χ4v) is 8.14. The van der Waals surface area contributed by atoms with Crippen molar-refractivity contribution in [1.29, 1.82) is 0 Å². The van der Waals surface area contributed by atoms with Gasteiger partial charge in [-0.2, -0.15) is 0 Å². The van der Waals surface area contributed by atoms with Crippen LogP contribution >= 0.6 is 11.8 Å². The van der Waals surface area contributed by atoms with Gasteiger partial charge in [0.25, 0.3) is 5.56 Å². The Morgan fingerprint density at radius 3 is 2.25 bits per heavy atom. The van der Waals surface area contributed by atoms with Crippen molar-refractivity contribution < 1.29 is 38.9 Å². The first-order valence-corrected chi connectivity index (χ1v) is 16.5. The predicted octanol–water partition coefficient (Wildman–Crippen LogP) is 2.64. The second-order valence-electron chi connectivity index (χ2n) is 12.6. The lowest BCUT2D eigenvalue weighted by atomic mass is 9.94. The zero-order valence-electron chi connectivity index (χ0n) is 27.5. The molecule has 6 N–H and O–H groups in total. The molecule has 0 aliphatic carbocycles. The van der Waals surface area contributed by atoms with Gasteiger partial charge < -0.3 is 40.3 Å². The minimum atomic E-state index is -1.27. The molecule has 264 valence electrons. The third kappa shape index (κ3) is 6.23. The van der Waals surface area contributed by atoms with E-state index in [1.54, 1.807) is 32.0 Å². The molecule has 4 heterocycles. The quantitative estimate of drug-likeness (QED) is 0.158. The highest BCUT2D eigenvalue weighted by atomic mass is 32.2. The van der Waals surface area contributed by atoms with Crippen LogP contribution in [-0.2, 0) is 25.7 Å². The first-order chi connectivity index (χ1) is 24.1. The summed E-state index contributed by atoms with van der Waals surface area (Å²) in [4.78, 5) is 84.4. The third-order valence-corrected chi connectivity index (χ3v) is 10.5. The first kappa shape index (κ1) is 35.0. The average Bonchev–Trinajstić information content (AvgIpc) is 3.33. The van der Waals surface area contributed by atoms with Crippen molar-refractivity contribution in [3.8, 4) is 23.0 Å². The van der Waals surface area contributed by atoms with Crippen LogP contribution < -0.4 is 21.6 Å². The number of aliphatic carboxylic acids is 1. The van der Waals surface area contributed by atoms with Crippen molar-refractivity contribution in [2.75, 3.05) is 4.90 Å². The van der Waals surface area contributed by atoms with Gasteiger partial charge in [0.2, 0.25) is 23.2 Å². The number of nitrogens with zero attached hydrogens (tertiary/aromatic N) is 3. The number of rotatable bonds is 9. The van der Waals surface area contributed by atoms with E-state index >= 15 is 0 Å². The van der Waals surface area contributed by atoms with E-state index in [2.05, 4.69) is 4.98 Å². The summed E-state index contributed by atoms with van der Waals surface area (Å²) in [6.45, 7) is 4.31. The number of aromatic nitrogens is 1. The van der Waals surface area contributed by atoms with Crippen molar-refractivity contribution in [1.82, 2.24) is 14.8 Å². The third-order valence-electron chi connectivity index (χ3n) is 8.93. The molecule has 4 aromatic rings. The summed E-state index contributed by atoms with van der Waals surface area (Å²) in [6.07, 6.45) is 1.00. The SMILES string of the molecule is CC(=O)N(c1ccc(-c2ccc(CN(C(=O)C(N)c3ccc(O)cc3)[C@@H]3C(=O)N4[C@@H]3SC(C)(C)[C@@H]4C(=O)O)c(=O)[nH]2)cc1)c1c(O)occc1=O. The standard InChI is InChI=1S/C35H33N5O10S/c1-17(41)39(26-24(43)14-15-50-34(26)49)21-9-4-18(5-10-21)23-13-8-20(29(44)37-23)16-38(30(45)25(36)19-6-11-22(42)12-7-19)27-31(46)40-28(33(47)48)35(2,3)51-32(27)40/h4-15,25,27-28,32,42,49H,16,36H2,1-3H3,(H,37,44)(H,47,48)/t25?,27-,28+,32-/m1/s1. The normalized spacial score (nSPS) is 19.5. The van der Waals surface area contributed by atoms with Crippen LogP contribution in [0.1, 0.15) is 37.9 Å². The highest BCUT2D eigenvalue weighted by Crippen LogP contribution is 2.52. The van der Waals surface area contributed by atoms with Crippen LogP contribution in [0, 0.1) is 0 Å². The number of anilines is 2. The van der Waals surface area contributed by atoms with Gasteiger partial charge in [-0.1, -0.05) is 24.3 Å². The Morgan fingerprint density at radius 1 is 1.00 bits per heavy atom. The molecule has 0 spiro atoms. The monoisotopic (exact) mass is 715 g/mol. The average molecular weight is 716 g/mol. The number of hydrogen-bond acceptors (Lipinski definition) is 11. The van der Waals surface area contributed by atoms with Crippen LogP contribution in [-0.4, -0.2) is 76.0 Å². The molecule has 2 aromatic heterocycles. The molecule has 16 heteroatoms. The molecule has 51 heavy (non-hydrogen) atoms. The summed E-state index contributed by atoms with van der Waals surface area (Å²) in [6, 6.07) is 12.5. The number of benzene rings is 2. The molecule has 6 rings (SSSR count). The Balaban J connectivity index is 1.30. The highest BCUT2D eigenvalue weighted by Gasteiger charge is 2.66. The Kier molecular flexibility index (Phi) is 8.99. The van der Waals surface area contributed by atoms with E-state index in [4.69, 9.17) is 10.2 Å². The number of amides is 3. The number of phenols is 1. The van der Waals surface area contributed by atoms with Gasteiger partial charge in [-0.3, -0.25) is 28.9 Å². The smallest absolute Gasteiger partial charge is 0.327 e. The number of β-lactam (4-membered cyclic amide) rings is 1. The zero-order valence-corrected chi connectivity index (χ0v) is 28.3. The summed E-state index contributed by atoms with van der Waals surface area (Å²) in [7, 11) is 0. The molecule has 2 saturated heterocycles. The fraction of sp³-hybridized carbons (Fsp3) is 0.257. The van der Waals surface area contributed by atoms with Crippen molar-refractivity contribution in [2.45, 2.75) is 55.6 Å². The number of carbonyl (C=O) groups excluding carboxylic acids is 3. The van der Waals surface area contributed by atoms with Gasteiger partial charge in [-0.05, 0) is 61.4 Å². The van der Waals surface area contributed by atoms with Crippen molar-refractivity contribution in [2.24, 2.45) is 5.73 Å². The number of pyridine rings is 1. The Labute approximate surface area is 293 Å². The highest BCUT2D eigenvalue weighted by molar-refractivity contribution is 8.01. The minimum Gasteiger partial charge on any atom is -0.508 e. The number of aromatic hydroxyl groups is 2. The second kappa shape index (κ2) is 13.1. The van der Waals surface area contributed by atoms with Gasteiger partial charge in [0.05, 0.1) is 12.8 Å². The van der Waals surface area contributed by atoms with E-state index < -0.39 is 68.9 Å². The largest absolute Gasteiger partial charge is 0.508 e. The lowest BCUT2D eigenvalue weighted by Gasteiger charge is -2.48. The lowest BCUT2D eigenvalue weighted by Crippen LogP contribution is -2.71. The molecule has 2 aliphatic rings. The second-order valence-corrected chi connectivity index (χ2v) is 14.4. The van der Waals surface area contributed by atoms with E-state index in [9.17, 15) is 44.1 Å². The summed E-state index contributed by atoms with van der Waals surface area (Å²) in [5, 5.41) is 29.1. The predicted molar refractivity (Wildman–Crippen MR) is 185 cm³/mol. The lowest BCUT2D eigenvalue weighted by molar-refractivity contribution is -0.169. The maximum Gasteiger partial charge on any atom is 0.327 e. The van der Waals surface area contributed by atoms with E-state index in [0.29, 0.717) is 16.8 Å².